The fourth-order valence-electron chi connectivity index (χ4n) is 4.20. The molecule has 0 bridgehead atoms. The summed E-state index contributed by atoms with van der Waals surface area (Å²) in [6.07, 6.45) is 1.20. The molecule has 0 saturated heterocycles. The van der Waals surface area contributed by atoms with Gasteiger partial charge in [-0.25, -0.2) is 8.78 Å². The van der Waals surface area contributed by atoms with E-state index in [9.17, 15) is 18.7 Å². The standard InChI is InChI=1S/C28H28F2N2O3/c1-2-18-6-5-7-19(10-18)15-32(28(34)24-17-35-27-9-4-3-8-23(24)27)16-26(33)25(31)13-20-11-21(29)14-22(30)12-20/h3-12,14,17,25-26,33H,2,13,15-16,31H2,1H3. The van der Waals surface area contributed by atoms with E-state index in [0.717, 1.165) is 23.6 Å². The quantitative estimate of drug-likeness (QED) is 0.361. The maximum absolute atomic E-state index is 13.6. The second kappa shape index (κ2) is 10.8. The van der Waals surface area contributed by atoms with Gasteiger partial charge in [0.15, 0.2) is 0 Å². The minimum Gasteiger partial charge on any atom is -0.463 e. The van der Waals surface area contributed by atoms with Gasteiger partial charge in [0, 0.05) is 30.6 Å². The Morgan fingerprint density at radius 1 is 1.00 bits per heavy atom. The van der Waals surface area contributed by atoms with Crippen molar-refractivity contribution in [1.82, 2.24) is 4.90 Å². The van der Waals surface area contributed by atoms with Crippen LogP contribution in [0, 0.1) is 11.6 Å². The summed E-state index contributed by atoms with van der Waals surface area (Å²) in [6, 6.07) is 17.5. The van der Waals surface area contributed by atoms with Crippen molar-refractivity contribution in [3.63, 3.8) is 0 Å². The van der Waals surface area contributed by atoms with E-state index >= 15 is 0 Å². The maximum Gasteiger partial charge on any atom is 0.258 e. The Morgan fingerprint density at radius 2 is 1.71 bits per heavy atom. The predicted octanol–water partition coefficient (Wildman–Crippen LogP) is 4.85. The van der Waals surface area contributed by atoms with Crippen LogP contribution in [0.15, 0.2) is 77.4 Å². The molecule has 4 rings (SSSR count). The number of furan rings is 1. The number of para-hydroxylation sites is 1. The Hall–Kier alpha value is -3.55. The van der Waals surface area contributed by atoms with Gasteiger partial charge in [-0.1, -0.05) is 49.4 Å². The SMILES string of the molecule is CCc1cccc(CN(CC(O)C(N)Cc2cc(F)cc(F)c2)C(=O)c2coc3ccccc23)c1. The zero-order valence-corrected chi connectivity index (χ0v) is 19.5. The largest absolute Gasteiger partial charge is 0.463 e. The number of amides is 1. The molecule has 0 aliphatic carbocycles. The Kier molecular flexibility index (Phi) is 7.58. The van der Waals surface area contributed by atoms with Gasteiger partial charge in [0.2, 0.25) is 0 Å². The zero-order valence-electron chi connectivity index (χ0n) is 19.5. The van der Waals surface area contributed by atoms with Crippen molar-refractivity contribution in [3.8, 4) is 0 Å². The monoisotopic (exact) mass is 478 g/mol. The van der Waals surface area contributed by atoms with Gasteiger partial charge in [-0.05, 0) is 47.7 Å². The van der Waals surface area contributed by atoms with Gasteiger partial charge in [-0.3, -0.25) is 4.79 Å². The molecule has 3 aromatic carbocycles. The number of carbonyl (C=O) groups is 1. The van der Waals surface area contributed by atoms with Gasteiger partial charge in [-0.2, -0.15) is 0 Å². The molecule has 0 fully saturated rings. The highest BCUT2D eigenvalue weighted by Crippen LogP contribution is 2.23. The lowest BCUT2D eigenvalue weighted by Gasteiger charge is -2.28. The van der Waals surface area contributed by atoms with Crippen LogP contribution in [0.3, 0.4) is 0 Å². The van der Waals surface area contributed by atoms with E-state index in [-0.39, 0.29) is 25.4 Å². The second-order valence-corrected chi connectivity index (χ2v) is 8.72. The highest BCUT2D eigenvalue weighted by atomic mass is 19.1. The lowest BCUT2D eigenvalue weighted by molar-refractivity contribution is 0.0555. The van der Waals surface area contributed by atoms with Crippen LogP contribution in [0.2, 0.25) is 0 Å². The Labute approximate surface area is 202 Å². The number of aliphatic hydroxyl groups is 1. The van der Waals surface area contributed by atoms with Crippen LogP contribution in [-0.4, -0.2) is 34.6 Å². The average Bonchev–Trinajstić information content (AvgIpc) is 3.26. The first-order chi connectivity index (χ1) is 16.8. The Morgan fingerprint density at radius 3 is 2.46 bits per heavy atom. The highest BCUT2D eigenvalue weighted by Gasteiger charge is 2.26. The molecule has 1 amide bonds. The third-order valence-electron chi connectivity index (χ3n) is 6.07. The van der Waals surface area contributed by atoms with Crippen molar-refractivity contribution in [2.24, 2.45) is 5.73 Å². The molecule has 4 aromatic rings. The number of aliphatic hydroxyl groups excluding tert-OH is 1. The lowest BCUT2D eigenvalue weighted by Crippen LogP contribution is -2.46. The normalized spacial score (nSPS) is 13.1. The van der Waals surface area contributed by atoms with E-state index in [1.807, 2.05) is 42.5 Å². The first-order valence-electron chi connectivity index (χ1n) is 11.6. The molecule has 2 unspecified atom stereocenters. The van der Waals surface area contributed by atoms with Crippen molar-refractivity contribution in [1.29, 1.82) is 0 Å². The van der Waals surface area contributed by atoms with Crippen LogP contribution in [0.1, 0.15) is 34.0 Å². The molecule has 2 atom stereocenters. The summed E-state index contributed by atoms with van der Waals surface area (Å²) in [5.41, 5.74) is 9.56. The number of halogens is 2. The van der Waals surface area contributed by atoms with Crippen molar-refractivity contribution in [2.75, 3.05) is 6.54 Å². The molecule has 182 valence electrons. The van der Waals surface area contributed by atoms with Crippen molar-refractivity contribution in [2.45, 2.75) is 38.5 Å². The van der Waals surface area contributed by atoms with E-state index in [2.05, 4.69) is 6.92 Å². The van der Waals surface area contributed by atoms with Gasteiger partial charge >= 0.3 is 0 Å². The molecule has 3 N–H and O–H groups in total. The summed E-state index contributed by atoms with van der Waals surface area (Å²) in [5.74, 6) is -1.72. The highest BCUT2D eigenvalue weighted by molar-refractivity contribution is 6.05. The first-order valence-corrected chi connectivity index (χ1v) is 11.6. The van der Waals surface area contributed by atoms with E-state index in [1.54, 1.807) is 6.07 Å². The topological polar surface area (TPSA) is 79.7 Å². The van der Waals surface area contributed by atoms with Crippen LogP contribution in [-0.2, 0) is 19.4 Å². The number of aryl methyl sites for hydroxylation is 1. The second-order valence-electron chi connectivity index (χ2n) is 8.72. The van der Waals surface area contributed by atoms with Gasteiger partial charge < -0.3 is 20.2 Å². The third kappa shape index (κ3) is 5.93. The number of carbonyl (C=O) groups excluding carboxylic acids is 1. The number of nitrogens with zero attached hydrogens (tertiary/aromatic N) is 1. The molecule has 0 radical (unpaired) electrons. The summed E-state index contributed by atoms with van der Waals surface area (Å²) in [7, 11) is 0. The fraction of sp³-hybridized carbons (Fsp3) is 0.250. The van der Waals surface area contributed by atoms with Crippen LogP contribution < -0.4 is 5.73 Å². The molecule has 0 saturated carbocycles. The smallest absolute Gasteiger partial charge is 0.258 e. The Bertz CT molecular complexity index is 1300. The average molecular weight is 479 g/mol. The summed E-state index contributed by atoms with van der Waals surface area (Å²) < 4.78 is 32.7. The molecule has 7 heteroatoms. The third-order valence-corrected chi connectivity index (χ3v) is 6.07. The van der Waals surface area contributed by atoms with Crippen LogP contribution >= 0.6 is 0 Å². The van der Waals surface area contributed by atoms with Crippen LogP contribution in [0.25, 0.3) is 11.0 Å². The van der Waals surface area contributed by atoms with E-state index in [0.29, 0.717) is 22.1 Å². The van der Waals surface area contributed by atoms with Crippen molar-refractivity contribution >= 4 is 16.9 Å². The summed E-state index contributed by atoms with van der Waals surface area (Å²) in [4.78, 5) is 15.1. The Balaban J connectivity index is 1.58. The van der Waals surface area contributed by atoms with Gasteiger partial charge in [-0.15, -0.1) is 0 Å². The molecular formula is C28H28F2N2O3. The van der Waals surface area contributed by atoms with Crippen LogP contribution in [0.4, 0.5) is 8.78 Å². The van der Waals surface area contributed by atoms with Crippen LogP contribution in [0.5, 0.6) is 0 Å². The summed E-state index contributed by atoms with van der Waals surface area (Å²) in [6.45, 7) is 2.25. The van der Waals surface area contributed by atoms with Crippen molar-refractivity contribution in [3.05, 3.63) is 107 Å². The molecule has 1 heterocycles. The maximum atomic E-state index is 13.6. The minimum atomic E-state index is -1.13. The van der Waals surface area contributed by atoms with E-state index in [1.165, 1.54) is 23.3 Å². The number of hydrogen-bond donors (Lipinski definition) is 2. The van der Waals surface area contributed by atoms with Gasteiger partial charge in [0.25, 0.3) is 5.91 Å². The molecule has 0 spiro atoms. The lowest BCUT2D eigenvalue weighted by atomic mass is 10.0. The summed E-state index contributed by atoms with van der Waals surface area (Å²) >= 11 is 0. The molecule has 0 aliphatic rings. The fourth-order valence-corrected chi connectivity index (χ4v) is 4.20. The number of fused-ring (bicyclic) bond motifs is 1. The number of hydrogen-bond acceptors (Lipinski definition) is 4. The molecule has 5 nitrogen and oxygen atoms in total. The number of benzene rings is 3. The van der Waals surface area contributed by atoms with Crippen molar-refractivity contribution < 1.29 is 23.1 Å². The predicted molar refractivity (Wildman–Crippen MR) is 131 cm³/mol. The first kappa shape index (κ1) is 24.6. The number of rotatable bonds is 9. The van der Waals surface area contributed by atoms with Gasteiger partial charge in [0.1, 0.15) is 23.5 Å². The molecule has 0 aliphatic heterocycles. The van der Waals surface area contributed by atoms with Gasteiger partial charge in [0.05, 0.1) is 11.7 Å². The molecule has 1 aromatic heterocycles. The summed E-state index contributed by atoms with van der Waals surface area (Å²) in [5, 5.41) is 11.6. The molecule has 35 heavy (non-hydrogen) atoms. The zero-order chi connectivity index (χ0) is 24.9. The minimum absolute atomic E-state index is 0.0534. The number of nitrogens with two attached hydrogens (primary N) is 1. The van der Waals surface area contributed by atoms with E-state index in [4.69, 9.17) is 10.2 Å². The molecular weight excluding hydrogens is 450 g/mol. The van der Waals surface area contributed by atoms with E-state index < -0.39 is 23.8 Å².